The van der Waals surface area contributed by atoms with Crippen molar-refractivity contribution in [2.24, 2.45) is 0 Å². The van der Waals surface area contributed by atoms with Crippen LogP contribution in [0.5, 0.6) is 0 Å². The Labute approximate surface area is 385 Å². The molecule has 0 atom stereocenters. The second kappa shape index (κ2) is 17.9. The first-order valence-electron chi connectivity index (χ1n) is 22.5. The molecular weight excluding hydrogens is 817 g/mol. The number of hydrogen-bond donors (Lipinski definition) is 0. The van der Waals surface area contributed by atoms with Crippen LogP contribution >= 0.6 is 0 Å². The lowest BCUT2D eigenvalue weighted by molar-refractivity contribution is 1.16. The van der Waals surface area contributed by atoms with Crippen LogP contribution in [0, 0.1) is 20.8 Å². The van der Waals surface area contributed by atoms with Crippen LogP contribution < -0.4 is 41.5 Å². The Bertz CT molecular complexity index is 2810. The summed E-state index contributed by atoms with van der Waals surface area (Å²) in [4.78, 5) is 11.0. The summed E-state index contributed by atoms with van der Waals surface area (Å²) in [7, 11) is -5.62. The van der Waals surface area contributed by atoms with Crippen molar-refractivity contribution in [3.63, 3.8) is 0 Å². The molecule has 0 amide bonds. The fraction of sp³-hybridized carbons (Fsp3) is 0.0492. The molecule has 0 unspecified atom stereocenters. The molecule has 0 saturated carbocycles. The molecule has 0 spiro atoms. The zero-order chi connectivity index (χ0) is 44.2. The van der Waals surface area contributed by atoms with Gasteiger partial charge in [0.05, 0.1) is 11.4 Å². The molecule has 10 rings (SSSR count). The molecule has 9 aromatic carbocycles. The Kier molecular flexibility index (Phi) is 11.5. The number of benzene rings is 9. The van der Waals surface area contributed by atoms with Crippen molar-refractivity contribution in [3.8, 4) is 33.9 Å². The minimum Gasteiger partial charge on any atom is -0.228 e. The molecule has 0 aliphatic rings. The molecule has 2 nitrogen and oxygen atoms in total. The predicted molar refractivity (Wildman–Crippen MR) is 280 cm³/mol. The third-order valence-electron chi connectivity index (χ3n) is 13.1. The van der Waals surface area contributed by atoms with E-state index in [1.807, 2.05) is 0 Å². The fourth-order valence-corrected chi connectivity index (χ4v) is 19.9. The maximum atomic E-state index is 5.52. The molecule has 10 aromatic rings. The maximum Gasteiger partial charge on any atom is 0.179 e. The fourth-order valence-electron chi connectivity index (χ4n) is 10.3. The van der Waals surface area contributed by atoms with Crippen molar-refractivity contribution in [2.45, 2.75) is 20.8 Å². The van der Waals surface area contributed by atoms with Crippen molar-refractivity contribution in [2.75, 3.05) is 0 Å². The van der Waals surface area contributed by atoms with E-state index in [1.165, 1.54) is 58.2 Å². The van der Waals surface area contributed by atoms with Crippen molar-refractivity contribution >= 4 is 57.6 Å². The highest BCUT2D eigenvalue weighted by atomic mass is 28.3. The summed E-state index contributed by atoms with van der Waals surface area (Å²) >= 11 is 0. The zero-order valence-corrected chi connectivity index (χ0v) is 39.1. The number of rotatable bonds is 11. The van der Waals surface area contributed by atoms with E-state index in [9.17, 15) is 0 Å². The van der Waals surface area contributed by atoms with Crippen LogP contribution in [-0.2, 0) is 0 Å². The van der Waals surface area contributed by atoms with Gasteiger partial charge in [-0.25, -0.2) is 9.97 Å². The first-order chi connectivity index (χ1) is 32.0. The molecule has 0 bridgehead atoms. The van der Waals surface area contributed by atoms with Crippen LogP contribution in [0.3, 0.4) is 0 Å². The quantitative estimate of drug-likeness (QED) is 0.0959. The highest BCUT2D eigenvalue weighted by molar-refractivity contribution is 7.20. The van der Waals surface area contributed by atoms with Crippen molar-refractivity contribution in [1.29, 1.82) is 0 Å². The number of aromatic nitrogens is 2. The molecule has 312 valence electrons. The summed E-state index contributed by atoms with van der Waals surface area (Å²) < 4.78 is 0. The molecule has 1 aromatic heterocycles. The van der Waals surface area contributed by atoms with E-state index in [4.69, 9.17) is 9.97 Å². The molecule has 1 heterocycles. The Morgan fingerprint density at radius 1 is 0.277 bits per heavy atom. The van der Waals surface area contributed by atoms with Gasteiger partial charge in [-0.15, -0.1) is 0 Å². The van der Waals surface area contributed by atoms with E-state index in [1.54, 1.807) is 0 Å². The van der Waals surface area contributed by atoms with Gasteiger partial charge in [-0.3, -0.25) is 0 Å². The minimum absolute atomic E-state index is 0.735. The average Bonchev–Trinajstić information content (AvgIpc) is 3.36. The Morgan fingerprint density at radius 3 is 0.846 bits per heavy atom. The Morgan fingerprint density at radius 2 is 0.554 bits per heavy atom. The Balaban J connectivity index is 1.22. The lowest BCUT2D eigenvalue weighted by Crippen LogP contribution is -2.74. The van der Waals surface area contributed by atoms with Crippen molar-refractivity contribution in [3.05, 3.63) is 265 Å². The van der Waals surface area contributed by atoms with Crippen LogP contribution in [0.1, 0.15) is 16.7 Å². The van der Waals surface area contributed by atoms with E-state index in [2.05, 4.69) is 269 Å². The van der Waals surface area contributed by atoms with Gasteiger partial charge in [-0.1, -0.05) is 248 Å². The third kappa shape index (κ3) is 7.61. The van der Waals surface area contributed by atoms with Crippen LogP contribution in [0.2, 0.25) is 0 Å². The lowest BCUT2D eigenvalue weighted by Gasteiger charge is -2.34. The van der Waals surface area contributed by atoms with E-state index in [0.29, 0.717) is 0 Å². The van der Waals surface area contributed by atoms with Crippen molar-refractivity contribution in [1.82, 2.24) is 9.97 Å². The first-order valence-corrected chi connectivity index (χ1v) is 26.5. The second-order valence-electron chi connectivity index (χ2n) is 17.1. The summed E-state index contributed by atoms with van der Waals surface area (Å²) in [5, 5.41) is 10.6. The SMILES string of the molecule is Cc1cc(C)c(-c2nc(-c3cccc([Si](c4ccccc4)(c4ccccc4)c4ccccc4)c3)cc(-c3cccc([Si](c4ccccc4)(c4ccccc4)c4ccccc4)c3)n2)c(C)c1. The van der Waals surface area contributed by atoms with Gasteiger partial charge < -0.3 is 0 Å². The zero-order valence-electron chi connectivity index (χ0n) is 37.1. The number of hydrogen-bond acceptors (Lipinski definition) is 2. The molecule has 0 aliphatic heterocycles. The highest BCUT2D eigenvalue weighted by Crippen LogP contribution is 2.32. The summed E-state index contributed by atoms with van der Waals surface area (Å²) in [6.45, 7) is 6.53. The van der Waals surface area contributed by atoms with Crippen LogP contribution in [0.4, 0.5) is 0 Å². The standard InChI is InChI=1S/C61H50N2Si2/c1-45-40-46(2)60(47(3)41-45)61-62-58(48-24-22-38-56(42-48)64(50-26-10-4-11-27-50,51-28-12-5-13-29-51)52-30-14-6-15-31-52)44-59(63-61)49-25-23-39-57(43-49)65(53-32-16-7-17-33-53,54-34-18-8-19-35-54)55-36-20-9-21-37-55/h4-44H,1-3H3. The average molecular weight is 867 g/mol. The maximum absolute atomic E-state index is 5.52. The second-order valence-corrected chi connectivity index (χ2v) is 24.7. The molecule has 0 fully saturated rings. The van der Waals surface area contributed by atoms with Gasteiger partial charge in [0, 0.05) is 16.7 Å². The highest BCUT2D eigenvalue weighted by Gasteiger charge is 2.43. The van der Waals surface area contributed by atoms with Crippen LogP contribution in [-0.4, -0.2) is 26.1 Å². The van der Waals surface area contributed by atoms with Gasteiger partial charge in [0.25, 0.3) is 0 Å². The van der Waals surface area contributed by atoms with Gasteiger partial charge in [0.1, 0.15) is 0 Å². The van der Waals surface area contributed by atoms with Gasteiger partial charge >= 0.3 is 0 Å². The first kappa shape index (κ1) is 41.5. The lowest BCUT2D eigenvalue weighted by atomic mass is 9.98. The third-order valence-corrected chi connectivity index (χ3v) is 22.6. The predicted octanol–water partition coefficient (Wildman–Crippen LogP) is 9.16. The summed E-state index contributed by atoms with van der Waals surface area (Å²) in [5.41, 5.74) is 8.56. The molecule has 0 aliphatic carbocycles. The normalized spacial score (nSPS) is 11.6. The molecule has 0 N–H and O–H groups in total. The van der Waals surface area contributed by atoms with E-state index in [-0.39, 0.29) is 0 Å². The molecule has 0 saturated heterocycles. The number of aryl methyl sites for hydroxylation is 3. The summed E-state index contributed by atoms with van der Waals surface area (Å²) in [6.07, 6.45) is 0. The Hall–Kier alpha value is -7.51. The van der Waals surface area contributed by atoms with E-state index in [0.717, 1.165) is 33.9 Å². The largest absolute Gasteiger partial charge is 0.228 e. The van der Waals surface area contributed by atoms with Gasteiger partial charge in [0.2, 0.25) is 0 Å². The van der Waals surface area contributed by atoms with Gasteiger partial charge in [-0.2, -0.15) is 0 Å². The van der Waals surface area contributed by atoms with Gasteiger partial charge in [0.15, 0.2) is 22.0 Å². The van der Waals surface area contributed by atoms with E-state index >= 15 is 0 Å². The van der Waals surface area contributed by atoms with E-state index < -0.39 is 16.1 Å². The minimum atomic E-state index is -2.81. The summed E-state index contributed by atoms with van der Waals surface area (Å²) in [5.74, 6) is 0.735. The molecule has 65 heavy (non-hydrogen) atoms. The monoisotopic (exact) mass is 866 g/mol. The molecular formula is C61H50N2Si2. The topological polar surface area (TPSA) is 25.8 Å². The van der Waals surface area contributed by atoms with Crippen LogP contribution in [0.15, 0.2) is 249 Å². The molecule has 0 radical (unpaired) electrons. The summed E-state index contributed by atoms with van der Waals surface area (Å²) in [6, 6.07) is 91.9. The molecule has 4 heteroatoms. The van der Waals surface area contributed by atoms with Crippen LogP contribution in [0.25, 0.3) is 33.9 Å². The van der Waals surface area contributed by atoms with Crippen molar-refractivity contribution < 1.29 is 0 Å². The number of nitrogens with zero attached hydrogens (tertiary/aromatic N) is 2. The smallest absolute Gasteiger partial charge is 0.179 e. The van der Waals surface area contributed by atoms with Gasteiger partial charge in [-0.05, 0) is 79.5 Å².